The number of furan rings is 1. The van der Waals surface area contributed by atoms with E-state index in [4.69, 9.17) is 14.9 Å². The van der Waals surface area contributed by atoms with E-state index in [-0.39, 0.29) is 29.7 Å². The molecule has 6 N–H and O–H groups in total. The van der Waals surface area contributed by atoms with Crippen molar-refractivity contribution in [3.63, 3.8) is 0 Å². The Morgan fingerprint density at radius 1 is 1.19 bits per heavy atom. The smallest absolute Gasteiger partial charge is 0.255 e. The van der Waals surface area contributed by atoms with E-state index in [0.717, 1.165) is 5.56 Å². The van der Waals surface area contributed by atoms with Crippen molar-refractivity contribution in [3.05, 3.63) is 58.3 Å². The number of rotatable bonds is 5. The Bertz CT molecular complexity index is 1550. The maximum Gasteiger partial charge on any atom is 0.255 e. The zero-order valence-corrected chi connectivity index (χ0v) is 23.3. The normalized spacial score (nSPS) is 28.1. The monoisotopic (exact) mass is 579 g/mol. The number of aliphatic hydroxyl groups excluding tert-OH is 2. The van der Waals surface area contributed by atoms with Gasteiger partial charge in [0, 0.05) is 42.3 Å². The molecule has 1 aliphatic heterocycles. The van der Waals surface area contributed by atoms with Gasteiger partial charge in [0.1, 0.15) is 22.8 Å². The minimum Gasteiger partial charge on any atom is -0.508 e. The fourth-order valence-corrected chi connectivity index (χ4v) is 7.16. The Hall–Kier alpha value is -3.97. The van der Waals surface area contributed by atoms with Crippen LogP contribution in [0.5, 0.6) is 5.75 Å². The molecule has 0 bridgehead atoms. The van der Waals surface area contributed by atoms with E-state index < -0.39 is 58.0 Å². The molecular weight excluding hydrogens is 546 g/mol. The number of aromatic hydroxyl groups is 1. The summed E-state index contributed by atoms with van der Waals surface area (Å²) in [4.78, 5) is 43.2. The van der Waals surface area contributed by atoms with Crippen LogP contribution >= 0.6 is 0 Å². The Morgan fingerprint density at radius 2 is 1.90 bits per heavy atom. The highest BCUT2D eigenvalue weighted by atomic mass is 16.5. The molecule has 0 radical (unpaired) electrons. The Morgan fingerprint density at radius 3 is 2.52 bits per heavy atom. The van der Waals surface area contributed by atoms with Crippen LogP contribution in [0.3, 0.4) is 0 Å². The first-order chi connectivity index (χ1) is 20.0. The fraction of sp³-hybridized carbons (Fsp3) is 0.433. The van der Waals surface area contributed by atoms with E-state index in [1.807, 2.05) is 6.07 Å². The number of morpholine rings is 1. The lowest BCUT2D eigenvalue weighted by Gasteiger charge is -2.50. The molecule has 4 atom stereocenters. The van der Waals surface area contributed by atoms with E-state index in [1.165, 1.54) is 11.2 Å². The predicted octanol–water partition coefficient (Wildman–Crippen LogP) is 1.06. The van der Waals surface area contributed by atoms with Crippen molar-refractivity contribution in [2.45, 2.75) is 31.0 Å². The average Bonchev–Trinajstić information content (AvgIpc) is 3.47. The molecule has 0 spiro atoms. The highest BCUT2D eigenvalue weighted by molar-refractivity contribution is 6.24. The summed E-state index contributed by atoms with van der Waals surface area (Å²) < 4.78 is 10.8. The number of nitrogens with two attached hydrogens (primary N) is 1. The lowest BCUT2D eigenvalue weighted by atomic mass is 9.57. The number of primary amides is 1. The summed E-state index contributed by atoms with van der Waals surface area (Å²) in [5.74, 6) is -6.72. The van der Waals surface area contributed by atoms with Gasteiger partial charge < -0.3 is 35.3 Å². The van der Waals surface area contributed by atoms with Crippen LogP contribution in [0, 0.1) is 11.8 Å². The number of Topliss-reactive ketones (excluding diaryl/α,β-unsaturated/α-hetero) is 2. The summed E-state index contributed by atoms with van der Waals surface area (Å²) in [5.41, 5.74) is 4.30. The van der Waals surface area contributed by atoms with Crippen molar-refractivity contribution in [3.8, 4) is 16.9 Å². The van der Waals surface area contributed by atoms with Crippen LogP contribution in [-0.2, 0) is 32.1 Å². The van der Waals surface area contributed by atoms with Crippen molar-refractivity contribution in [2.24, 2.45) is 17.6 Å². The van der Waals surface area contributed by atoms with Gasteiger partial charge in [0.25, 0.3) is 5.91 Å². The van der Waals surface area contributed by atoms with Crippen LogP contribution < -0.4 is 5.73 Å². The summed E-state index contributed by atoms with van der Waals surface area (Å²) >= 11 is 0. The van der Waals surface area contributed by atoms with Crippen molar-refractivity contribution in [1.82, 2.24) is 9.80 Å². The Balaban J connectivity index is 1.55. The minimum absolute atomic E-state index is 0.0207. The van der Waals surface area contributed by atoms with Gasteiger partial charge in [0.05, 0.1) is 37.3 Å². The van der Waals surface area contributed by atoms with Crippen molar-refractivity contribution in [2.75, 3.05) is 40.4 Å². The van der Waals surface area contributed by atoms with Gasteiger partial charge in [-0.25, -0.2) is 0 Å². The number of hydrogen-bond donors (Lipinski definition) is 5. The summed E-state index contributed by atoms with van der Waals surface area (Å²) in [6.45, 7) is 2.76. The molecule has 0 unspecified atom stereocenters. The molecule has 2 fully saturated rings. The second-order valence-electron chi connectivity index (χ2n) is 11.6. The standard InChI is InChI=1S/C30H33N3O9/c1-32(2)23-19-11-15-9-18-17(14-3-6-42-13-14)10-16(12-33-4-7-41-8-5-33)24(34)21(18)25(35)20(15)27(37)30(19,40)28(38)22(26(23)36)29(31)39/h3,6,10,13,15,19,23,34-35,38,40H,4-5,7-9,11-12H2,1-2H3,(H2,31,39)/t15-,19-,23-,30-/m1/s1. The molecule has 3 aliphatic carbocycles. The highest BCUT2D eigenvalue weighted by Crippen LogP contribution is 2.54. The van der Waals surface area contributed by atoms with E-state index in [9.17, 15) is 34.8 Å². The largest absolute Gasteiger partial charge is 0.508 e. The van der Waals surface area contributed by atoms with Gasteiger partial charge in [-0.1, -0.05) is 0 Å². The van der Waals surface area contributed by atoms with E-state index in [2.05, 4.69) is 4.90 Å². The molecule has 1 saturated heterocycles. The molecule has 1 aromatic heterocycles. The lowest BCUT2D eigenvalue weighted by Crippen LogP contribution is -2.65. The third kappa shape index (κ3) is 4.01. The predicted molar refractivity (Wildman–Crippen MR) is 148 cm³/mol. The average molecular weight is 580 g/mol. The zero-order valence-electron chi connectivity index (χ0n) is 23.3. The second kappa shape index (κ2) is 10.1. The molecule has 222 valence electrons. The highest BCUT2D eigenvalue weighted by Gasteiger charge is 2.64. The summed E-state index contributed by atoms with van der Waals surface area (Å²) in [6.07, 6.45) is 3.29. The number of carbonyl (C=O) groups is 3. The molecular formula is C30H33N3O9. The van der Waals surface area contributed by atoms with Gasteiger partial charge in [-0.3, -0.25) is 24.2 Å². The van der Waals surface area contributed by atoms with Crippen LogP contribution in [0.15, 0.2) is 46.0 Å². The molecule has 42 heavy (non-hydrogen) atoms. The molecule has 12 nitrogen and oxygen atoms in total. The van der Waals surface area contributed by atoms with Crippen molar-refractivity contribution >= 4 is 23.2 Å². The maximum absolute atomic E-state index is 14.2. The van der Waals surface area contributed by atoms with E-state index in [1.54, 1.807) is 26.4 Å². The molecule has 6 rings (SSSR count). The summed E-state index contributed by atoms with van der Waals surface area (Å²) in [5, 5.41) is 46.1. The third-order valence-electron chi connectivity index (χ3n) is 9.13. The van der Waals surface area contributed by atoms with E-state index >= 15 is 0 Å². The third-order valence-corrected chi connectivity index (χ3v) is 9.13. The van der Waals surface area contributed by atoms with Crippen LogP contribution in [-0.4, -0.2) is 99.7 Å². The SMILES string of the molecule is CN(C)[C@H]1C(=O)C(C(N)=O)=C(O)[C@]2(O)C(=O)C3=C(O)c4c(O)c(CN5CCOCC5)cc(-c5ccoc5)c4C[C@@H]3C[C@H]12. The van der Waals surface area contributed by atoms with Crippen molar-refractivity contribution < 1.29 is 44.0 Å². The molecule has 1 aromatic carbocycles. The first-order valence-electron chi connectivity index (χ1n) is 13.8. The first kappa shape index (κ1) is 28.2. The van der Waals surface area contributed by atoms with Gasteiger partial charge in [0.2, 0.25) is 5.78 Å². The fourth-order valence-electron chi connectivity index (χ4n) is 7.16. The molecule has 1 amide bonds. The van der Waals surface area contributed by atoms with Crippen LogP contribution in [0.25, 0.3) is 16.9 Å². The van der Waals surface area contributed by atoms with Gasteiger partial charge in [-0.05, 0) is 56.1 Å². The van der Waals surface area contributed by atoms with Gasteiger partial charge in [-0.2, -0.15) is 0 Å². The van der Waals surface area contributed by atoms with Crippen molar-refractivity contribution in [1.29, 1.82) is 0 Å². The number of ether oxygens (including phenoxy) is 1. The number of aliphatic hydroxyl groups is 3. The number of likely N-dealkylation sites (N-methyl/N-ethyl adjacent to an activating group) is 1. The molecule has 2 heterocycles. The second-order valence-corrected chi connectivity index (χ2v) is 11.6. The topological polar surface area (TPSA) is 187 Å². The summed E-state index contributed by atoms with van der Waals surface area (Å²) in [6, 6.07) is 2.48. The lowest BCUT2D eigenvalue weighted by molar-refractivity contribution is -0.153. The molecule has 4 aliphatic rings. The maximum atomic E-state index is 14.2. The number of hydrogen-bond acceptors (Lipinski definition) is 11. The Kier molecular flexibility index (Phi) is 6.76. The van der Waals surface area contributed by atoms with Crippen LogP contribution in [0.1, 0.15) is 23.1 Å². The number of carbonyl (C=O) groups excluding carboxylic acids is 3. The van der Waals surface area contributed by atoms with Crippen LogP contribution in [0.2, 0.25) is 0 Å². The quantitative estimate of drug-likeness (QED) is 0.319. The van der Waals surface area contributed by atoms with E-state index in [0.29, 0.717) is 49.5 Å². The number of fused-ring (bicyclic) bond motifs is 3. The number of phenolic OH excluding ortho intramolecular Hbond substituents is 1. The molecule has 1 saturated carbocycles. The Labute approximate surface area is 241 Å². The number of nitrogens with zero attached hydrogens (tertiary/aromatic N) is 2. The first-order valence-corrected chi connectivity index (χ1v) is 13.8. The number of amides is 1. The number of phenols is 1. The number of benzene rings is 1. The van der Waals surface area contributed by atoms with Gasteiger partial charge in [0.15, 0.2) is 11.4 Å². The minimum atomic E-state index is -2.68. The molecule has 2 aromatic rings. The van der Waals surface area contributed by atoms with Crippen LogP contribution in [0.4, 0.5) is 0 Å². The number of ketones is 2. The summed E-state index contributed by atoms with van der Waals surface area (Å²) in [7, 11) is 3.14. The van der Waals surface area contributed by atoms with Gasteiger partial charge >= 0.3 is 0 Å². The van der Waals surface area contributed by atoms with Gasteiger partial charge in [-0.15, -0.1) is 0 Å². The molecule has 12 heteroatoms. The zero-order chi connectivity index (χ0) is 30.1.